The molecule has 58 valence electrons. The fourth-order valence-electron chi connectivity index (χ4n) is 0.534. The van der Waals surface area contributed by atoms with Gasteiger partial charge in [0.2, 0.25) is 0 Å². The van der Waals surface area contributed by atoms with Gasteiger partial charge in [0.1, 0.15) is 0 Å². The molecule has 0 aliphatic carbocycles. The van der Waals surface area contributed by atoms with Crippen LogP contribution in [0, 0.1) is 0 Å². The van der Waals surface area contributed by atoms with Crippen LogP contribution in [0.3, 0.4) is 0 Å². The zero-order valence-corrected chi connectivity index (χ0v) is 7.03. The monoisotopic (exact) mass is 156 g/mol. The maximum atomic E-state index is 9.25. The summed E-state index contributed by atoms with van der Waals surface area (Å²) in [6.45, 7) is 2.96. The Kier molecular flexibility index (Phi) is 6.18. The van der Waals surface area contributed by atoms with Gasteiger partial charge in [-0.1, -0.05) is 6.58 Å². The molecule has 0 aliphatic rings. The first-order valence-electron chi connectivity index (χ1n) is 3.54. The van der Waals surface area contributed by atoms with Gasteiger partial charge < -0.3 is 5.11 Å². The third-order valence-electron chi connectivity index (χ3n) is 1.12. The summed E-state index contributed by atoms with van der Waals surface area (Å²) in [5, 5.41) is 7.60. The summed E-state index contributed by atoms with van der Waals surface area (Å²) in [6.07, 6.45) is 0.833. The normalized spacial score (nSPS) is 7.83. The van der Waals surface area contributed by atoms with Crippen molar-refractivity contribution in [1.82, 2.24) is 0 Å². The van der Waals surface area contributed by atoms with Crippen molar-refractivity contribution in [2.45, 2.75) is 0 Å². The molecule has 0 saturated heterocycles. The second-order valence-corrected chi connectivity index (χ2v) is 2.20. The molecule has 0 spiro atoms. The van der Waals surface area contributed by atoms with Crippen molar-refractivity contribution in [3.05, 3.63) is 43.0 Å². The standard InChI is InChI=1S/C6H5.C3H4O2.Li/c1-2-4-6-5-3-1;1-2-3(4)5;/h1-5H;2H,1H2,(H,4,5);. The van der Waals surface area contributed by atoms with Gasteiger partial charge in [-0.15, -0.1) is 0 Å². The number of aliphatic carboxylic acids is 1. The van der Waals surface area contributed by atoms with Gasteiger partial charge in [0.15, 0.2) is 0 Å². The Hall–Kier alpha value is -0.973. The van der Waals surface area contributed by atoms with Gasteiger partial charge in [0.05, 0.1) is 0 Å². The van der Waals surface area contributed by atoms with Gasteiger partial charge in [0.25, 0.3) is 0 Å². The molecule has 12 heavy (non-hydrogen) atoms. The number of rotatable bonds is 1. The molecule has 0 aliphatic heterocycles. The SMILES string of the molecule is C=CC(=O)O.[Li][c]1ccccc1. The molecule has 0 aromatic heterocycles. The number of benzene rings is 1. The second-order valence-electron chi connectivity index (χ2n) is 2.20. The second kappa shape index (κ2) is 6.72. The van der Waals surface area contributed by atoms with E-state index < -0.39 is 5.97 Å². The predicted molar refractivity (Wildman–Crippen MR) is 49.7 cm³/mol. The fraction of sp³-hybridized carbons (Fsp3) is 0. The van der Waals surface area contributed by atoms with Crippen LogP contribution in [0.25, 0.3) is 0 Å². The molecule has 0 atom stereocenters. The van der Waals surface area contributed by atoms with Crippen molar-refractivity contribution >= 4 is 27.9 Å². The molecule has 0 radical (unpaired) electrons. The van der Waals surface area contributed by atoms with Crippen LogP contribution >= 0.6 is 0 Å². The van der Waals surface area contributed by atoms with Crippen LogP contribution in [0.1, 0.15) is 0 Å². The van der Waals surface area contributed by atoms with E-state index in [1.807, 2.05) is 18.2 Å². The summed E-state index contributed by atoms with van der Waals surface area (Å²) < 4.78 is 1.32. The number of carboxylic acids is 1. The number of carbonyl (C=O) groups is 1. The van der Waals surface area contributed by atoms with Crippen LogP contribution < -0.4 is 4.24 Å². The molecular formula is C9H9LiO2. The summed E-state index contributed by atoms with van der Waals surface area (Å²) in [5.74, 6) is -0.981. The quantitative estimate of drug-likeness (QED) is 0.481. The summed E-state index contributed by atoms with van der Waals surface area (Å²) in [5.41, 5.74) is 0. The Morgan fingerprint density at radius 1 is 1.42 bits per heavy atom. The molecule has 0 saturated carbocycles. The van der Waals surface area contributed by atoms with Crippen LogP contribution in [0.4, 0.5) is 0 Å². The molecule has 1 aromatic carbocycles. The Morgan fingerprint density at radius 3 is 2.00 bits per heavy atom. The topological polar surface area (TPSA) is 37.3 Å². The van der Waals surface area contributed by atoms with E-state index in [9.17, 15) is 4.79 Å². The zero-order chi connectivity index (χ0) is 9.40. The Bertz CT molecular complexity index is 244. The molecule has 0 fully saturated rings. The number of hydrogen-bond donors (Lipinski definition) is 1. The molecular weight excluding hydrogens is 147 g/mol. The van der Waals surface area contributed by atoms with E-state index in [0.717, 1.165) is 6.08 Å². The van der Waals surface area contributed by atoms with E-state index >= 15 is 0 Å². The average Bonchev–Trinajstić information content (AvgIpc) is 2.07. The predicted octanol–water partition coefficient (Wildman–Crippen LogP) is 0.737. The molecule has 1 rings (SSSR count). The molecule has 3 heteroatoms. The van der Waals surface area contributed by atoms with Crippen LogP contribution in [0.5, 0.6) is 0 Å². The third kappa shape index (κ3) is 7.14. The van der Waals surface area contributed by atoms with Gasteiger partial charge in [-0.2, -0.15) is 0 Å². The van der Waals surface area contributed by atoms with E-state index in [1.54, 1.807) is 0 Å². The van der Waals surface area contributed by atoms with Crippen molar-refractivity contribution in [2.75, 3.05) is 0 Å². The first-order chi connectivity index (χ1) is 5.66. The van der Waals surface area contributed by atoms with Crippen LogP contribution in [0.2, 0.25) is 0 Å². The average molecular weight is 156 g/mol. The summed E-state index contributed by atoms with van der Waals surface area (Å²) in [4.78, 5) is 9.25. The Balaban J connectivity index is 0.000000217. The Morgan fingerprint density at radius 2 is 1.83 bits per heavy atom. The minimum atomic E-state index is -0.981. The summed E-state index contributed by atoms with van der Waals surface area (Å²) in [7, 11) is 0. The van der Waals surface area contributed by atoms with Gasteiger partial charge in [-0.05, 0) is 0 Å². The van der Waals surface area contributed by atoms with Crippen LogP contribution in [-0.4, -0.2) is 28.8 Å². The number of carboxylic acid groups (broad SMARTS) is 1. The van der Waals surface area contributed by atoms with Crippen molar-refractivity contribution in [2.24, 2.45) is 0 Å². The zero-order valence-electron chi connectivity index (χ0n) is 7.03. The van der Waals surface area contributed by atoms with E-state index in [2.05, 4.69) is 36.4 Å². The first kappa shape index (κ1) is 11.0. The van der Waals surface area contributed by atoms with E-state index in [4.69, 9.17) is 5.11 Å². The van der Waals surface area contributed by atoms with Gasteiger partial charge >= 0.3 is 58.3 Å². The summed E-state index contributed by atoms with van der Waals surface area (Å²) in [6, 6.07) is 10.3. The first-order valence-corrected chi connectivity index (χ1v) is 3.54. The maximum absolute atomic E-state index is 9.25. The molecule has 0 unspecified atom stereocenters. The van der Waals surface area contributed by atoms with Crippen molar-refractivity contribution in [1.29, 1.82) is 0 Å². The molecule has 0 heterocycles. The van der Waals surface area contributed by atoms with Crippen molar-refractivity contribution in [3.8, 4) is 0 Å². The van der Waals surface area contributed by atoms with Crippen molar-refractivity contribution < 1.29 is 9.90 Å². The summed E-state index contributed by atoms with van der Waals surface area (Å²) >= 11 is 2.08. The number of hydrogen-bond acceptors (Lipinski definition) is 1. The molecule has 0 bridgehead atoms. The molecule has 0 amide bonds. The van der Waals surface area contributed by atoms with Crippen molar-refractivity contribution in [3.63, 3.8) is 0 Å². The van der Waals surface area contributed by atoms with E-state index in [1.165, 1.54) is 4.24 Å². The van der Waals surface area contributed by atoms with Crippen LogP contribution in [-0.2, 0) is 4.79 Å². The van der Waals surface area contributed by atoms with Gasteiger partial charge in [-0.25, -0.2) is 4.79 Å². The molecule has 1 N–H and O–H groups in total. The van der Waals surface area contributed by atoms with E-state index in [-0.39, 0.29) is 0 Å². The van der Waals surface area contributed by atoms with Crippen LogP contribution in [0.15, 0.2) is 43.0 Å². The molecule has 1 aromatic rings. The molecule has 2 nitrogen and oxygen atoms in total. The Labute approximate surface area is 81.1 Å². The van der Waals surface area contributed by atoms with E-state index in [0.29, 0.717) is 0 Å². The van der Waals surface area contributed by atoms with Gasteiger partial charge in [0, 0.05) is 6.08 Å². The minimum absolute atomic E-state index is 0.833. The van der Waals surface area contributed by atoms with Gasteiger partial charge in [-0.3, -0.25) is 0 Å². The fourth-order valence-corrected chi connectivity index (χ4v) is 0.534. The third-order valence-corrected chi connectivity index (χ3v) is 1.12.